The number of benzene rings is 2. The summed E-state index contributed by atoms with van der Waals surface area (Å²) >= 11 is 0. The zero-order valence-corrected chi connectivity index (χ0v) is 16.9. The van der Waals surface area contributed by atoms with E-state index < -0.39 is 5.91 Å². The third-order valence-corrected chi connectivity index (χ3v) is 5.22. The molecule has 2 aromatic heterocycles. The predicted molar refractivity (Wildman–Crippen MR) is 113 cm³/mol. The first kappa shape index (κ1) is 19.6. The molecule has 1 amide bonds. The van der Waals surface area contributed by atoms with Gasteiger partial charge in [0, 0.05) is 12.4 Å². The molecular weight excluding hydrogens is 383 g/mol. The van der Waals surface area contributed by atoms with Crippen molar-refractivity contribution in [3.8, 4) is 11.3 Å². The molecule has 1 atom stereocenters. The van der Waals surface area contributed by atoms with Crippen molar-refractivity contribution < 1.29 is 9.18 Å². The van der Waals surface area contributed by atoms with Crippen LogP contribution in [-0.2, 0) is 0 Å². The number of carbonyl (C=O) groups is 1. The van der Waals surface area contributed by atoms with E-state index in [0.29, 0.717) is 5.69 Å². The van der Waals surface area contributed by atoms with Crippen LogP contribution in [0.5, 0.6) is 0 Å². The number of hydrogen-bond acceptors (Lipinski definition) is 3. The standard InChI is InChI=1S/C23H21FN4O2/c1-13-4-5-17(10-14(13)2)19-11-28-12-20(26-21(28)23(30)27-19)22(29)25-15(3)16-6-8-18(24)9-7-16/h4-12,15H,1-3H3,(H,25,29)(H,27,30)/t15-/m0/s1. The lowest BCUT2D eigenvalue weighted by molar-refractivity contribution is 0.0935. The Morgan fingerprint density at radius 1 is 1.10 bits per heavy atom. The van der Waals surface area contributed by atoms with E-state index >= 15 is 0 Å². The van der Waals surface area contributed by atoms with Crippen molar-refractivity contribution >= 4 is 11.6 Å². The van der Waals surface area contributed by atoms with Gasteiger partial charge in [-0.3, -0.25) is 14.0 Å². The average molecular weight is 404 g/mol. The zero-order chi connectivity index (χ0) is 21.4. The summed E-state index contributed by atoms with van der Waals surface area (Å²) in [4.78, 5) is 32.2. The molecule has 0 aliphatic carbocycles. The third kappa shape index (κ3) is 3.74. The molecule has 0 unspecified atom stereocenters. The largest absolute Gasteiger partial charge is 0.344 e. The van der Waals surface area contributed by atoms with Crippen molar-refractivity contribution in [3.63, 3.8) is 0 Å². The number of aromatic nitrogens is 3. The minimum absolute atomic E-state index is 0.131. The second-order valence-corrected chi connectivity index (χ2v) is 7.40. The minimum atomic E-state index is -0.414. The van der Waals surface area contributed by atoms with E-state index in [2.05, 4.69) is 15.3 Å². The molecule has 0 aliphatic heterocycles. The summed E-state index contributed by atoms with van der Waals surface area (Å²) in [5, 5.41) is 2.82. The molecule has 0 radical (unpaired) electrons. The number of amides is 1. The van der Waals surface area contributed by atoms with Gasteiger partial charge >= 0.3 is 0 Å². The number of fused-ring (bicyclic) bond motifs is 1. The number of halogens is 1. The van der Waals surface area contributed by atoms with E-state index in [9.17, 15) is 14.0 Å². The fraction of sp³-hybridized carbons (Fsp3) is 0.174. The first-order valence-electron chi connectivity index (χ1n) is 9.58. The molecule has 6 nitrogen and oxygen atoms in total. The normalized spacial score (nSPS) is 12.1. The Labute approximate surface area is 172 Å². The number of aromatic amines is 1. The SMILES string of the molecule is Cc1ccc(-c2cn3cc(C(=O)N[C@@H](C)c4ccc(F)cc4)nc3c(=O)[nH]2)cc1C. The Balaban J connectivity index is 1.63. The van der Waals surface area contributed by atoms with Gasteiger partial charge in [-0.2, -0.15) is 0 Å². The highest BCUT2D eigenvalue weighted by molar-refractivity contribution is 5.93. The summed E-state index contributed by atoms with van der Waals surface area (Å²) < 4.78 is 14.7. The summed E-state index contributed by atoms with van der Waals surface area (Å²) in [5.74, 6) is -0.751. The van der Waals surface area contributed by atoms with Crippen molar-refractivity contribution in [2.75, 3.05) is 0 Å². The number of nitrogens with one attached hydrogen (secondary N) is 2. The molecule has 2 heterocycles. The van der Waals surface area contributed by atoms with Crippen molar-refractivity contribution in [1.29, 1.82) is 0 Å². The molecule has 7 heteroatoms. The van der Waals surface area contributed by atoms with E-state index in [1.54, 1.807) is 29.7 Å². The Hall–Kier alpha value is -3.74. The van der Waals surface area contributed by atoms with Crippen LogP contribution in [0.4, 0.5) is 4.39 Å². The summed E-state index contributed by atoms with van der Waals surface area (Å²) in [6.07, 6.45) is 3.27. The maximum atomic E-state index is 13.1. The van der Waals surface area contributed by atoms with E-state index in [-0.39, 0.29) is 28.8 Å². The van der Waals surface area contributed by atoms with Gasteiger partial charge in [0.15, 0.2) is 0 Å². The summed E-state index contributed by atoms with van der Waals surface area (Å²) in [6.45, 7) is 5.84. The van der Waals surface area contributed by atoms with Gasteiger partial charge in [0.2, 0.25) is 5.65 Å². The second-order valence-electron chi connectivity index (χ2n) is 7.40. The molecule has 2 N–H and O–H groups in total. The lowest BCUT2D eigenvalue weighted by atomic mass is 10.0. The maximum absolute atomic E-state index is 13.1. The van der Waals surface area contributed by atoms with Crippen LogP contribution in [0.15, 0.2) is 59.7 Å². The van der Waals surface area contributed by atoms with Crippen LogP contribution in [0.3, 0.4) is 0 Å². The predicted octanol–water partition coefficient (Wildman–Crippen LogP) is 3.94. The Kier molecular flexibility index (Phi) is 4.95. The van der Waals surface area contributed by atoms with Gasteiger partial charge in [0.1, 0.15) is 11.5 Å². The summed E-state index contributed by atoms with van der Waals surface area (Å²) in [6, 6.07) is 11.5. The van der Waals surface area contributed by atoms with E-state index in [0.717, 1.165) is 16.7 Å². The molecule has 0 bridgehead atoms. The Morgan fingerprint density at radius 3 is 2.53 bits per heavy atom. The van der Waals surface area contributed by atoms with Gasteiger partial charge in [-0.25, -0.2) is 9.37 Å². The third-order valence-electron chi connectivity index (χ3n) is 5.22. The lowest BCUT2D eigenvalue weighted by Crippen LogP contribution is -2.27. The molecular formula is C23H21FN4O2. The van der Waals surface area contributed by atoms with Crippen LogP contribution in [0.1, 0.15) is 40.1 Å². The first-order chi connectivity index (χ1) is 14.3. The molecule has 30 heavy (non-hydrogen) atoms. The van der Waals surface area contributed by atoms with Gasteiger partial charge in [-0.15, -0.1) is 0 Å². The number of carbonyl (C=O) groups excluding carboxylic acids is 1. The van der Waals surface area contributed by atoms with E-state index in [4.69, 9.17) is 0 Å². The van der Waals surface area contributed by atoms with Gasteiger partial charge in [0.05, 0.1) is 11.7 Å². The second kappa shape index (κ2) is 7.59. The average Bonchev–Trinajstić information content (AvgIpc) is 3.15. The highest BCUT2D eigenvalue weighted by Gasteiger charge is 2.17. The van der Waals surface area contributed by atoms with Crippen LogP contribution in [0.2, 0.25) is 0 Å². The van der Waals surface area contributed by atoms with Gasteiger partial charge in [-0.1, -0.05) is 24.3 Å². The van der Waals surface area contributed by atoms with Crippen LogP contribution in [-0.4, -0.2) is 20.3 Å². The van der Waals surface area contributed by atoms with Crippen molar-refractivity contribution in [2.24, 2.45) is 0 Å². The van der Waals surface area contributed by atoms with Crippen molar-refractivity contribution in [3.05, 3.63) is 93.4 Å². The Morgan fingerprint density at radius 2 is 1.83 bits per heavy atom. The number of rotatable bonds is 4. The number of nitrogens with zero attached hydrogens (tertiary/aromatic N) is 2. The van der Waals surface area contributed by atoms with Gasteiger partial charge in [-0.05, 0) is 61.2 Å². The van der Waals surface area contributed by atoms with E-state index in [1.165, 1.54) is 23.9 Å². The number of imidazole rings is 1. The molecule has 152 valence electrons. The molecule has 4 rings (SSSR count). The fourth-order valence-electron chi connectivity index (χ4n) is 3.28. The van der Waals surface area contributed by atoms with Gasteiger partial charge < -0.3 is 10.3 Å². The van der Waals surface area contributed by atoms with Crippen LogP contribution < -0.4 is 10.9 Å². The topological polar surface area (TPSA) is 79.3 Å². The molecule has 0 aliphatic rings. The van der Waals surface area contributed by atoms with Crippen LogP contribution in [0.25, 0.3) is 16.9 Å². The number of hydrogen-bond donors (Lipinski definition) is 2. The molecule has 0 saturated heterocycles. The highest BCUT2D eigenvalue weighted by Crippen LogP contribution is 2.20. The molecule has 0 fully saturated rings. The highest BCUT2D eigenvalue weighted by atomic mass is 19.1. The fourth-order valence-corrected chi connectivity index (χ4v) is 3.28. The number of aryl methyl sites for hydroxylation is 2. The molecule has 0 spiro atoms. The minimum Gasteiger partial charge on any atom is -0.344 e. The lowest BCUT2D eigenvalue weighted by Gasteiger charge is -2.13. The first-order valence-corrected chi connectivity index (χ1v) is 9.58. The quantitative estimate of drug-likeness (QED) is 0.541. The van der Waals surface area contributed by atoms with E-state index in [1.807, 2.05) is 32.0 Å². The monoisotopic (exact) mass is 404 g/mol. The smallest absolute Gasteiger partial charge is 0.292 e. The zero-order valence-electron chi connectivity index (χ0n) is 16.9. The van der Waals surface area contributed by atoms with Crippen LogP contribution in [0, 0.1) is 19.7 Å². The molecule has 2 aromatic carbocycles. The van der Waals surface area contributed by atoms with Crippen LogP contribution >= 0.6 is 0 Å². The molecule has 4 aromatic rings. The summed E-state index contributed by atoms with van der Waals surface area (Å²) in [5.41, 5.74) is 4.46. The maximum Gasteiger partial charge on any atom is 0.292 e. The van der Waals surface area contributed by atoms with Crippen molar-refractivity contribution in [2.45, 2.75) is 26.8 Å². The van der Waals surface area contributed by atoms with Gasteiger partial charge in [0.25, 0.3) is 11.5 Å². The number of H-pyrrole nitrogens is 1. The van der Waals surface area contributed by atoms with Crippen molar-refractivity contribution in [1.82, 2.24) is 19.7 Å². The summed E-state index contributed by atoms with van der Waals surface area (Å²) in [7, 11) is 0. The molecule has 0 saturated carbocycles. The Bertz CT molecular complexity index is 1310.